The van der Waals surface area contributed by atoms with Crippen LogP contribution >= 0.6 is 11.3 Å². The quantitative estimate of drug-likeness (QED) is 0.680. The summed E-state index contributed by atoms with van der Waals surface area (Å²) in [4.78, 5) is 4.68. The lowest BCUT2D eigenvalue weighted by molar-refractivity contribution is 0.174. The molecule has 0 saturated heterocycles. The molecule has 2 heterocycles. The van der Waals surface area contributed by atoms with Gasteiger partial charge in [-0.1, -0.05) is 12.1 Å². The second-order valence-electron chi connectivity index (χ2n) is 5.37. The van der Waals surface area contributed by atoms with Crippen LogP contribution < -0.4 is 9.47 Å². The standard InChI is InChI=1S/C18H15NO2S/c1-11-8-14-16(9-12(11)2)22-17(19-14)7-6-13-4-3-5-15-18(13)21-10-20-15/h3-9H,10H2,1-2H3/b7-6+. The lowest BCUT2D eigenvalue weighted by atomic mass is 10.1. The number of aryl methyl sites for hydroxylation is 2. The van der Waals surface area contributed by atoms with Crippen LogP contribution in [0, 0.1) is 13.8 Å². The zero-order valence-corrected chi connectivity index (χ0v) is 13.2. The molecule has 0 saturated carbocycles. The smallest absolute Gasteiger partial charge is 0.231 e. The highest BCUT2D eigenvalue weighted by Gasteiger charge is 2.15. The fourth-order valence-corrected chi connectivity index (χ4v) is 3.46. The minimum absolute atomic E-state index is 0.292. The first kappa shape index (κ1) is 13.3. The van der Waals surface area contributed by atoms with Crippen LogP contribution in [0.25, 0.3) is 22.4 Å². The number of aromatic nitrogens is 1. The van der Waals surface area contributed by atoms with Gasteiger partial charge >= 0.3 is 0 Å². The molecule has 4 heteroatoms. The Balaban J connectivity index is 1.70. The van der Waals surface area contributed by atoms with Crippen molar-refractivity contribution in [2.24, 2.45) is 0 Å². The van der Waals surface area contributed by atoms with Crippen LogP contribution in [0.4, 0.5) is 0 Å². The maximum Gasteiger partial charge on any atom is 0.231 e. The lowest BCUT2D eigenvalue weighted by Crippen LogP contribution is -1.93. The third-order valence-electron chi connectivity index (χ3n) is 3.85. The Labute approximate surface area is 132 Å². The van der Waals surface area contributed by atoms with Crippen LogP contribution in [0.15, 0.2) is 30.3 Å². The summed E-state index contributed by atoms with van der Waals surface area (Å²) >= 11 is 1.70. The fourth-order valence-electron chi connectivity index (χ4n) is 2.51. The molecule has 4 rings (SSSR count). The highest BCUT2D eigenvalue weighted by atomic mass is 32.1. The first-order valence-corrected chi connectivity index (χ1v) is 7.97. The molecule has 0 amide bonds. The molecule has 3 nitrogen and oxygen atoms in total. The summed E-state index contributed by atoms with van der Waals surface area (Å²) in [6, 6.07) is 10.3. The van der Waals surface area contributed by atoms with E-state index in [4.69, 9.17) is 9.47 Å². The van der Waals surface area contributed by atoms with E-state index >= 15 is 0 Å². The molecule has 3 aromatic rings. The molecule has 0 atom stereocenters. The number of hydrogen-bond acceptors (Lipinski definition) is 4. The van der Waals surface area contributed by atoms with E-state index in [9.17, 15) is 0 Å². The van der Waals surface area contributed by atoms with Gasteiger partial charge in [-0.15, -0.1) is 11.3 Å². The molecule has 0 spiro atoms. The summed E-state index contributed by atoms with van der Waals surface area (Å²) in [7, 11) is 0. The highest BCUT2D eigenvalue weighted by molar-refractivity contribution is 7.19. The van der Waals surface area contributed by atoms with Gasteiger partial charge in [-0.2, -0.15) is 0 Å². The van der Waals surface area contributed by atoms with Gasteiger partial charge < -0.3 is 9.47 Å². The van der Waals surface area contributed by atoms with Crippen molar-refractivity contribution in [3.63, 3.8) is 0 Å². The van der Waals surface area contributed by atoms with E-state index in [2.05, 4.69) is 31.0 Å². The SMILES string of the molecule is Cc1cc2nc(/C=C/c3cccc4c3OCO4)sc2cc1C. The van der Waals surface area contributed by atoms with Gasteiger partial charge in [-0.3, -0.25) is 0 Å². The normalized spacial score (nSPS) is 13.4. The number of nitrogens with zero attached hydrogens (tertiary/aromatic N) is 1. The van der Waals surface area contributed by atoms with E-state index in [1.54, 1.807) is 11.3 Å². The molecular formula is C18H15NO2S. The third-order valence-corrected chi connectivity index (χ3v) is 4.84. The predicted octanol–water partition coefficient (Wildman–Crippen LogP) is 4.81. The predicted molar refractivity (Wildman–Crippen MR) is 90.6 cm³/mol. The maximum absolute atomic E-state index is 5.52. The molecule has 1 aromatic heterocycles. The Bertz CT molecular complexity index is 856. The molecule has 22 heavy (non-hydrogen) atoms. The summed E-state index contributed by atoms with van der Waals surface area (Å²) in [6.45, 7) is 4.54. The van der Waals surface area contributed by atoms with Gasteiger partial charge in [0.25, 0.3) is 0 Å². The van der Waals surface area contributed by atoms with Crippen LogP contribution in [0.3, 0.4) is 0 Å². The number of hydrogen-bond donors (Lipinski definition) is 0. The van der Waals surface area contributed by atoms with Crippen molar-refractivity contribution >= 4 is 33.7 Å². The van der Waals surface area contributed by atoms with Crippen molar-refractivity contribution in [1.29, 1.82) is 0 Å². The Morgan fingerprint density at radius 3 is 2.86 bits per heavy atom. The van der Waals surface area contributed by atoms with Gasteiger partial charge in [0.2, 0.25) is 6.79 Å². The molecule has 0 unspecified atom stereocenters. The molecule has 0 N–H and O–H groups in total. The van der Waals surface area contributed by atoms with E-state index < -0.39 is 0 Å². The molecule has 1 aliphatic rings. The first-order chi connectivity index (χ1) is 10.7. The molecule has 0 bridgehead atoms. The number of benzene rings is 2. The number of para-hydroxylation sites is 1. The molecule has 0 aliphatic carbocycles. The lowest BCUT2D eigenvalue weighted by Gasteiger charge is -1.99. The van der Waals surface area contributed by atoms with Gasteiger partial charge in [-0.25, -0.2) is 4.98 Å². The van der Waals surface area contributed by atoms with E-state index in [1.807, 2.05) is 30.4 Å². The van der Waals surface area contributed by atoms with Gasteiger partial charge in [0, 0.05) is 5.56 Å². The van der Waals surface area contributed by atoms with Crippen LogP contribution in [0.5, 0.6) is 11.5 Å². The highest BCUT2D eigenvalue weighted by Crippen LogP contribution is 2.36. The zero-order valence-electron chi connectivity index (χ0n) is 12.4. The summed E-state index contributed by atoms with van der Waals surface area (Å²) in [5.41, 5.74) is 4.66. The van der Waals surface area contributed by atoms with Crippen molar-refractivity contribution in [3.8, 4) is 11.5 Å². The minimum atomic E-state index is 0.292. The van der Waals surface area contributed by atoms with Crippen LogP contribution in [0.1, 0.15) is 21.7 Å². The number of rotatable bonds is 2. The summed E-state index contributed by atoms with van der Waals surface area (Å²) < 4.78 is 12.1. The van der Waals surface area contributed by atoms with Gasteiger partial charge in [0.15, 0.2) is 11.5 Å². The van der Waals surface area contributed by atoms with E-state index in [0.29, 0.717) is 6.79 Å². The Morgan fingerprint density at radius 2 is 1.95 bits per heavy atom. The Hall–Kier alpha value is -2.33. The third kappa shape index (κ3) is 2.25. The fraction of sp³-hybridized carbons (Fsp3) is 0.167. The monoisotopic (exact) mass is 309 g/mol. The van der Waals surface area contributed by atoms with E-state index in [1.165, 1.54) is 15.8 Å². The summed E-state index contributed by atoms with van der Waals surface area (Å²) in [6.07, 6.45) is 4.07. The zero-order chi connectivity index (χ0) is 15.1. The molecule has 0 radical (unpaired) electrons. The van der Waals surface area contributed by atoms with E-state index in [0.717, 1.165) is 27.6 Å². The average molecular weight is 309 g/mol. The molecule has 110 valence electrons. The summed E-state index contributed by atoms with van der Waals surface area (Å²) in [5, 5.41) is 0.997. The van der Waals surface area contributed by atoms with Crippen molar-refractivity contribution in [2.75, 3.05) is 6.79 Å². The van der Waals surface area contributed by atoms with Crippen molar-refractivity contribution in [1.82, 2.24) is 4.98 Å². The Morgan fingerprint density at radius 1 is 1.09 bits per heavy atom. The average Bonchev–Trinajstić information content (AvgIpc) is 3.12. The number of fused-ring (bicyclic) bond motifs is 2. The second kappa shape index (κ2) is 5.14. The summed E-state index contributed by atoms with van der Waals surface area (Å²) in [5.74, 6) is 1.62. The molecule has 1 aliphatic heterocycles. The van der Waals surface area contributed by atoms with E-state index in [-0.39, 0.29) is 0 Å². The second-order valence-corrected chi connectivity index (χ2v) is 6.43. The Kier molecular flexibility index (Phi) is 3.12. The van der Waals surface area contributed by atoms with Gasteiger partial charge in [-0.05, 0) is 55.3 Å². The largest absolute Gasteiger partial charge is 0.454 e. The van der Waals surface area contributed by atoms with Crippen LogP contribution in [-0.4, -0.2) is 11.8 Å². The van der Waals surface area contributed by atoms with Gasteiger partial charge in [0.1, 0.15) is 5.01 Å². The van der Waals surface area contributed by atoms with Crippen molar-refractivity contribution in [3.05, 3.63) is 52.0 Å². The minimum Gasteiger partial charge on any atom is -0.454 e. The molecular weight excluding hydrogens is 294 g/mol. The number of thiazole rings is 1. The molecule has 2 aromatic carbocycles. The van der Waals surface area contributed by atoms with Crippen LogP contribution in [0.2, 0.25) is 0 Å². The van der Waals surface area contributed by atoms with Gasteiger partial charge in [0.05, 0.1) is 10.2 Å². The first-order valence-electron chi connectivity index (χ1n) is 7.15. The van der Waals surface area contributed by atoms with Crippen molar-refractivity contribution in [2.45, 2.75) is 13.8 Å². The number of ether oxygens (including phenoxy) is 2. The van der Waals surface area contributed by atoms with Crippen molar-refractivity contribution < 1.29 is 9.47 Å². The topological polar surface area (TPSA) is 31.4 Å². The van der Waals surface area contributed by atoms with Crippen LogP contribution in [-0.2, 0) is 0 Å². The maximum atomic E-state index is 5.52. The molecule has 0 fully saturated rings.